The normalized spacial score (nSPS) is 11.0. The maximum atomic E-state index is 5.85. The average molecular weight is 533 g/mol. The molecule has 0 aliphatic carbocycles. The maximum absolute atomic E-state index is 5.85. The number of aryl methyl sites for hydroxylation is 1. The summed E-state index contributed by atoms with van der Waals surface area (Å²) in [5.74, 6) is 1.62. The van der Waals surface area contributed by atoms with Gasteiger partial charge < -0.3 is 20.1 Å². The fraction of sp³-hybridized carbons (Fsp3) is 0.429. The lowest BCUT2D eigenvalue weighted by molar-refractivity contribution is 0.145. The van der Waals surface area contributed by atoms with E-state index in [1.807, 2.05) is 26.0 Å². The van der Waals surface area contributed by atoms with Gasteiger partial charge in [0.25, 0.3) is 0 Å². The van der Waals surface area contributed by atoms with E-state index in [1.165, 1.54) is 0 Å². The number of methoxy groups -OCH3 is 1. The molecule has 8 heteroatoms. The van der Waals surface area contributed by atoms with Gasteiger partial charge in [-0.25, -0.2) is 9.98 Å². The number of aliphatic imine (C=N–C) groups is 1. The Hall–Kier alpha value is -1.58. The molecule has 0 aliphatic rings. The highest BCUT2D eigenvalue weighted by Gasteiger charge is 2.05. The highest BCUT2D eigenvalue weighted by molar-refractivity contribution is 14.0. The van der Waals surface area contributed by atoms with Crippen molar-refractivity contribution in [3.05, 3.63) is 58.4 Å². The third-order valence-corrected chi connectivity index (χ3v) is 4.24. The van der Waals surface area contributed by atoms with Gasteiger partial charge in [0, 0.05) is 32.0 Å². The summed E-state index contributed by atoms with van der Waals surface area (Å²) in [4.78, 5) is 8.80. The number of rotatable bonds is 10. The molecule has 0 aliphatic heterocycles. The van der Waals surface area contributed by atoms with E-state index in [2.05, 4.69) is 27.8 Å². The summed E-state index contributed by atoms with van der Waals surface area (Å²) in [6.07, 6.45) is 2.63. The Labute approximate surface area is 195 Å². The van der Waals surface area contributed by atoms with Crippen LogP contribution in [0.2, 0.25) is 5.15 Å². The van der Waals surface area contributed by atoms with E-state index in [-0.39, 0.29) is 24.0 Å². The number of hydrogen-bond acceptors (Lipinski definition) is 4. The smallest absolute Gasteiger partial charge is 0.191 e. The van der Waals surface area contributed by atoms with Crippen LogP contribution in [0.5, 0.6) is 5.75 Å². The zero-order valence-corrected chi connectivity index (χ0v) is 20.3. The number of hydrogen-bond donors (Lipinski definition) is 2. The molecule has 1 aromatic carbocycles. The minimum atomic E-state index is 0. The SMILES string of the molecule is CCNC(=NCc1ccc(C)cc1OCCOC)NCCc1ccc(Cl)nc1.I. The van der Waals surface area contributed by atoms with Gasteiger partial charge >= 0.3 is 0 Å². The highest BCUT2D eigenvalue weighted by Crippen LogP contribution is 2.21. The second-order valence-corrected chi connectivity index (χ2v) is 6.70. The first kappa shape index (κ1) is 25.5. The fourth-order valence-corrected chi connectivity index (χ4v) is 2.66. The molecule has 0 bridgehead atoms. The van der Waals surface area contributed by atoms with E-state index in [0.717, 1.165) is 47.9 Å². The Morgan fingerprint density at radius 2 is 2.00 bits per heavy atom. The predicted octanol–water partition coefficient (Wildman–Crippen LogP) is 3.98. The van der Waals surface area contributed by atoms with Crippen LogP contribution in [-0.2, 0) is 17.7 Å². The Balaban J connectivity index is 0.00000420. The summed E-state index contributed by atoms with van der Waals surface area (Å²) in [5.41, 5.74) is 3.32. The van der Waals surface area contributed by atoms with E-state index < -0.39 is 0 Å². The van der Waals surface area contributed by atoms with E-state index in [0.29, 0.717) is 24.9 Å². The van der Waals surface area contributed by atoms with Gasteiger partial charge in [-0.1, -0.05) is 29.8 Å². The largest absolute Gasteiger partial charge is 0.491 e. The van der Waals surface area contributed by atoms with E-state index in [4.69, 9.17) is 26.1 Å². The molecule has 0 amide bonds. The standard InChI is InChI=1S/C21H29ClN4O2.HI/c1-4-23-21(24-10-9-17-6-8-20(22)25-14-17)26-15-18-7-5-16(2)13-19(18)28-12-11-27-3;/h5-8,13-14H,4,9-12,15H2,1-3H3,(H2,23,24,26);1H. The van der Waals surface area contributed by atoms with Gasteiger partial charge in [-0.05, 0) is 43.5 Å². The van der Waals surface area contributed by atoms with Crippen LogP contribution in [0.15, 0.2) is 41.5 Å². The molecule has 0 saturated heterocycles. The van der Waals surface area contributed by atoms with Crippen molar-refractivity contribution in [2.75, 3.05) is 33.4 Å². The molecule has 0 atom stereocenters. The van der Waals surface area contributed by atoms with Crippen LogP contribution >= 0.6 is 35.6 Å². The quantitative estimate of drug-likeness (QED) is 0.159. The molecule has 29 heavy (non-hydrogen) atoms. The number of aromatic nitrogens is 1. The van der Waals surface area contributed by atoms with Crippen LogP contribution in [0.25, 0.3) is 0 Å². The van der Waals surface area contributed by atoms with Crippen molar-refractivity contribution < 1.29 is 9.47 Å². The number of nitrogens with zero attached hydrogens (tertiary/aromatic N) is 2. The molecule has 160 valence electrons. The van der Waals surface area contributed by atoms with Gasteiger partial charge in [-0.2, -0.15) is 0 Å². The summed E-state index contributed by atoms with van der Waals surface area (Å²) in [6, 6.07) is 9.95. The van der Waals surface area contributed by atoms with Crippen molar-refractivity contribution in [3.8, 4) is 5.75 Å². The van der Waals surface area contributed by atoms with E-state index in [9.17, 15) is 0 Å². The lowest BCUT2D eigenvalue weighted by Crippen LogP contribution is -2.38. The molecule has 2 aromatic rings. The Bertz CT molecular complexity index is 757. The summed E-state index contributed by atoms with van der Waals surface area (Å²) in [6.45, 7) is 7.24. The molecule has 2 N–H and O–H groups in total. The van der Waals surface area contributed by atoms with Crippen LogP contribution in [0, 0.1) is 6.92 Å². The minimum Gasteiger partial charge on any atom is -0.491 e. The summed E-state index contributed by atoms with van der Waals surface area (Å²) in [5, 5.41) is 7.13. The number of guanidine groups is 1. The van der Waals surface area contributed by atoms with Crippen molar-refractivity contribution in [2.24, 2.45) is 4.99 Å². The molecule has 0 fully saturated rings. The zero-order valence-electron chi connectivity index (χ0n) is 17.2. The summed E-state index contributed by atoms with van der Waals surface area (Å²) < 4.78 is 10.9. The first-order chi connectivity index (χ1) is 13.6. The molecule has 2 rings (SSSR count). The van der Waals surface area contributed by atoms with Crippen LogP contribution in [0.3, 0.4) is 0 Å². The van der Waals surface area contributed by atoms with E-state index in [1.54, 1.807) is 19.4 Å². The number of nitrogens with one attached hydrogen (secondary N) is 2. The number of ether oxygens (including phenoxy) is 2. The van der Waals surface area contributed by atoms with Gasteiger partial charge in [-0.15, -0.1) is 24.0 Å². The number of benzene rings is 1. The van der Waals surface area contributed by atoms with Crippen LogP contribution in [-0.4, -0.2) is 44.4 Å². The molecule has 1 aromatic heterocycles. The first-order valence-electron chi connectivity index (χ1n) is 9.46. The first-order valence-corrected chi connectivity index (χ1v) is 9.84. The van der Waals surface area contributed by atoms with E-state index >= 15 is 0 Å². The van der Waals surface area contributed by atoms with Crippen molar-refractivity contribution in [1.82, 2.24) is 15.6 Å². The predicted molar refractivity (Wildman–Crippen MR) is 130 cm³/mol. The zero-order chi connectivity index (χ0) is 20.2. The van der Waals surface area contributed by atoms with Gasteiger partial charge in [0.05, 0.1) is 13.2 Å². The third-order valence-electron chi connectivity index (χ3n) is 4.01. The number of halogens is 2. The van der Waals surface area contributed by atoms with Crippen molar-refractivity contribution in [1.29, 1.82) is 0 Å². The Kier molecular flexibility index (Phi) is 12.6. The van der Waals surface area contributed by atoms with Crippen LogP contribution in [0.1, 0.15) is 23.6 Å². The van der Waals surface area contributed by atoms with Crippen molar-refractivity contribution in [3.63, 3.8) is 0 Å². The maximum Gasteiger partial charge on any atom is 0.191 e. The molecule has 0 unspecified atom stereocenters. The average Bonchev–Trinajstić information content (AvgIpc) is 2.69. The number of pyridine rings is 1. The van der Waals surface area contributed by atoms with Crippen LogP contribution < -0.4 is 15.4 Å². The summed E-state index contributed by atoms with van der Waals surface area (Å²) >= 11 is 5.83. The van der Waals surface area contributed by atoms with Gasteiger partial charge in [0.15, 0.2) is 5.96 Å². The summed E-state index contributed by atoms with van der Waals surface area (Å²) in [7, 11) is 1.67. The lowest BCUT2D eigenvalue weighted by Gasteiger charge is -2.13. The second-order valence-electron chi connectivity index (χ2n) is 6.31. The van der Waals surface area contributed by atoms with Gasteiger partial charge in [0.1, 0.15) is 17.5 Å². The molecule has 6 nitrogen and oxygen atoms in total. The molecule has 1 heterocycles. The lowest BCUT2D eigenvalue weighted by atomic mass is 10.1. The molecular formula is C21H30ClIN4O2. The monoisotopic (exact) mass is 532 g/mol. The second kappa shape index (κ2) is 14.4. The van der Waals surface area contributed by atoms with Gasteiger partial charge in [0.2, 0.25) is 0 Å². The van der Waals surface area contributed by atoms with Crippen LogP contribution in [0.4, 0.5) is 0 Å². The molecular weight excluding hydrogens is 503 g/mol. The topological polar surface area (TPSA) is 67.8 Å². The third kappa shape index (κ3) is 9.64. The molecule has 0 spiro atoms. The Morgan fingerprint density at radius 1 is 1.17 bits per heavy atom. The fourth-order valence-electron chi connectivity index (χ4n) is 2.55. The minimum absolute atomic E-state index is 0. The van der Waals surface area contributed by atoms with Crippen molar-refractivity contribution >= 4 is 41.5 Å². The molecule has 0 saturated carbocycles. The van der Waals surface area contributed by atoms with Gasteiger partial charge in [-0.3, -0.25) is 0 Å². The Morgan fingerprint density at radius 3 is 2.69 bits per heavy atom. The molecule has 0 radical (unpaired) electrons. The van der Waals surface area contributed by atoms with Crippen molar-refractivity contribution in [2.45, 2.75) is 26.8 Å². The highest BCUT2D eigenvalue weighted by atomic mass is 127.